The summed E-state index contributed by atoms with van der Waals surface area (Å²) < 4.78 is 0. The molecule has 0 aromatic heterocycles. The van der Waals surface area contributed by atoms with Crippen LogP contribution in [0.3, 0.4) is 0 Å². The number of aliphatic hydroxyl groups excluding tert-OH is 1. The Kier molecular flexibility index (Phi) is 6.83. The van der Waals surface area contributed by atoms with Gasteiger partial charge in [-0.1, -0.05) is 38.1 Å². The van der Waals surface area contributed by atoms with Crippen molar-refractivity contribution in [1.29, 1.82) is 0 Å². The number of hydrogen-bond donors (Lipinski definition) is 2. The average molecular weight is 267 g/mol. The van der Waals surface area contributed by atoms with E-state index in [0.717, 1.165) is 17.9 Å². The third-order valence-corrected chi connectivity index (χ3v) is 3.42. The summed E-state index contributed by atoms with van der Waals surface area (Å²) in [7, 11) is 0. The van der Waals surface area contributed by atoms with E-state index in [1.54, 1.807) is 11.8 Å². The average Bonchev–Trinajstić information content (AvgIpc) is 2.37. The number of carbonyl (C=O) groups is 1. The zero-order valence-electron chi connectivity index (χ0n) is 11.0. The molecule has 1 aromatic rings. The van der Waals surface area contributed by atoms with E-state index in [-0.39, 0.29) is 12.5 Å². The standard InChI is InChI=1S/C14H21NO2S/c1-11(2)7-15-14(17)10-18-9-13-5-3-12(8-16)4-6-13/h3-6,11,16H,7-10H2,1-2H3,(H,15,17). The summed E-state index contributed by atoms with van der Waals surface area (Å²) in [6.07, 6.45) is 0. The van der Waals surface area contributed by atoms with Gasteiger partial charge in [0.05, 0.1) is 12.4 Å². The Hall–Kier alpha value is -1.00. The van der Waals surface area contributed by atoms with E-state index >= 15 is 0 Å². The molecule has 1 rings (SSSR count). The van der Waals surface area contributed by atoms with Gasteiger partial charge in [0.1, 0.15) is 0 Å². The zero-order valence-corrected chi connectivity index (χ0v) is 11.8. The minimum Gasteiger partial charge on any atom is -0.392 e. The summed E-state index contributed by atoms with van der Waals surface area (Å²) in [5.41, 5.74) is 2.09. The minimum absolute atomic E-state index is 0.0744. The number of nitrogens with one attached hydrogen (secondary N) is 1. The van der Waals surface area contributed by atoms with Crippen molar-refractivity contribution in [3.8, 4) is 0 Å². The quantitative estimate of drug-likeness (QED) is 0.796. The maximum absolute atomic E-state index is 11.5. The number of rotatable bonds is 7. The Morgan fingerprint density at radius 1 is 1.28 bits per heavy atom. The fraction of sp³-hybridized carbons (Fsp3) is 0.500. The van der Waals surface area contributed by atoms with E-state index in [9.17, 15) is 4.79 Å². The van der Waals surface area contributed by atoms with Crippen LogP contribution in [0.15, 0.2) is 24.3 Å². The highest BCUT2D eigenvalue weighted by Crippen LogP contribution is 2.13. The molecule has 0 saturated heterocycles. The lowest BCUT2D eigenvalue weighted by molar-refractivity contribution is -0.118. The van der Waals surface area contributed by atoms with Crippen LogP contribution in [-0.4, -0.2) is 23.3 Å². The van der Waals surface area contributed by atoms with E-state index in [1.165, 1.54) is 5.56 Å². The Balaban J connectivity index is 2.22. The molecule has 100 valence electrons. The van der Waals surface area contributed by atoms with Crippen LogP contribution in [0.25, 0.3) is 0 Å². The van der Waals surface area contributed by atoms with Crippen molar-refractivity contribution in [3.63, 3.8) is 0 Å². The van der Waals surface area contributed by atoms with Gasteiger partial charge in [-0.25, -0.2) is 0 Å². The topological polar surface area (TPSA) is 49.3 Å². The fourth-order valence-electron chi connectivity index (χ4n) is 1.37. The summed E-state index contributed by atoms with van der Waals surface area (Å²) in [5, 5.41) is 11.8. The molecule has 4 heteroatoms. The highest BCUT2D eigenvalue weighted by molar-refractivity contribution is 7.99. The second-order valence-electron chi connectivity index (χ2n) is 4.67. The molecule has 18 heavy (non-hydrogen) atoms. The zero-order chi connectivity index (χ0) is 13.4. The highest BCUT2D eigenvalue weighted by Gasteiger charge is 2.02. The summed E-state index contributed by atoms with van der Waals surface area (Å²) in [6, 6.07) is 7.80. The largest absolute Gasteiger partial charge is 0.392 e. The SMILES string of the molecule is CC(C)CNC(=O)CSCc1ccc(CO)cc1. The van der Waals surface area contributed by atoms with E-state index in [0.29, 0.717) is 11.7 Å². The molecule has 0 aliphatic carbocycles. The van der Waals surface area contributed by atoms with Crippen LogP contribution in [0.5, 0.6) is 0 Å². The molecule has 0 bridgehead atoms. The van der Waals surface area contributed by atoms with Gasteiger partial charge in [-0.2, -0.15) is 0 Å². The molecule has 0 unspecified atom stereocenters. The van der Waals surface area contributed by atoms with Crippen molar-refractivity contribution in [1.82, 2.24) is 5.32 Å². The van der Waals surface area contributed by atoms with Gasteiger partial charge in [0.25, 0.3) is 0 Å². The maximum Gasteiger partial charge on any atom is 0.230 e. The molecule has 0 spiro atoms. The normalized spacial score (nSPS) is 10.7. The van der Waals surface area contributed by atoms with Gasteiger partial charge in [-0.15, -0.1) is 11.8 Å². The van der Waals surface area contributed by atoms with Crippen molar-refractivity contribution in [2.24, 2.45) is 5.92 Å². The number of amides is 1. The smallest absolute Gasteiger partial charge is 0.230 e. The van der Waals surface area contributed by atoms with E-state index in [4.69, 9.17) is 5.11 Å². The first-order valence-corrected chi connectivity index (χ1v) is 7.30. The molecule has 0 fully saturated rings. The van der Waals surface area contributed by atoms with Gasteiger partial charge in [-0.05, 0) is 17.0 Å². The predicted octanol–water partition coefficient (Wildman–Crippen LogP) is 2.18. The van der Waals surface area contributed by atoms with E-state index < -0.39 is 0 Å². The van der Waals surface area contributed by atoms with Gasteiger partial charge in [-0.3, -0.25) is 4.79 Å². The van der Waals surface area contributed by atoms with Crippen LogP contribution < -0.4 is 5.32 Å². The van der Waals surface area contributed by atoms with E-state index in [1.807, 2.05) is 24.3 Å². The van der Waals surface area contributed by atoms with Gasteiger partial charge < -0.3 is 10.4 Å². The second kappa shape index (κ2) is 8.16. The van der Waals surface area contributed by atoms with Crippen LogP contribution in [-0.2, 0) is 17.2 Å². The van der Waals surface area contributed by atoms with E-state index in [2.05, 4.69) is 19.2 Å². The van der Waals surface area contributed by atoms with Crippen molar-refractivity contribution < 1.29 is 9.90 Å². The maximum atomic E-state index is 11.5. The summed E-state index contributed by atoms with van der Waals surface area (Å²) in [4.78, 5) is 11.5. The molecule has 0 radical (unpaired) electrons. The molecule has 3 nitrogen and oxygen atoms in total. The third kappa shape index (κ3) is 6.07. The van der Waals surface area contributed by atoms with Crippen LogP contribution in [0.4, 0.5) is 0 Å². The molecule has 0 aliphatic rings. The Morgan fingerprint density at radius 3 is 2.44 bits per heavy atom. The van der Waals surface area contributed by atoms with Gasteiger partial charge in [0.2, 0.25) is 5.91 Å². The van der Waals surface area contributed by atoms with Gasteiger partial charge in [0, 0.05) is 12.3 Å². The number of thioether (sulfide) groups is 1. The summed E-state index contributed by atoms with van der Waals surface area (Å²) in [5.74, 6) is 1.90. The Morgan fingerprint density at radius 2 is 1.89 bits per heavy atom. The molecular formula is C14H21NO2S. The molecule has 0 atom stereocenters. The van der Waals surface area contributed by atoms with Crippen LogP contribution in [0.2, 0.25) is 0 Å². The minimum atomic E-state index is 0.0744. The van der Waals surface area contributed by atoms with Crippen molar-refractivity contribution in [3.05, 3.63) is 35.4 Å². The molecule has 0 aliphatic heterocycles. The first-order chi connectivity index (χ1) is 8.61. The highest BCUT2D eigenvalue weighted by atomic mass is 32.2. The van der Waals surface area contributed by atoms with Crippen molar-refractivity contribution in [2.45, 2.75) is 26.2 Å². The van der Waals surface area contributed by atoms with Crippen molar-refractivity contribution in [2.75, 3.05) is 12.3 Å². The second-order valence-corrected chi connectivity index (χ2v) is 5.65. The first kappa shape index (κ1) is 15.1. The molecule has 1 amide bonds. The van der Waals surface area contributed by atoms with Crippen LogP contribution in [0.1, 0.15) is 25.0 Å². The lowest BCUT2D eigenvalue weighted by atomic mass is 10.2. The van der Waals surface area contributed by atoms with Crippen molar-refractivity contribution >= 4 is 17.7 Å². The lowest BCUT2D eigenvalue weighted by Gasteiger charge is -2.07. The van der Waals surface area contributed by atoms with Crippen LogP contribution >= 0.6 is 11.8 Å². The van der Waals surface area contributed by atoms with Crippen LogP contribution in [0, 0.1) is 5.92 Å². The molecule has 0 heterocycles. The number of aliphatic hydroxyl groups is 1. The monoisotopic (exact) mass is 267 g/mol. The molecule has 2 N–H and O–H groups in total. The molecule has 1 aromatic carbocycles. The summed E-state index contributed by atoms with van der Waals surface area (Å²) >= 11 is 1.61. The summed E-state index contributed by atoms with van der Waals surface area (Å²) in [6.45, 7) is 4.97. The number of carbonyl (C=O) groups excluding carboxylic acids is 1. The number of hydrogen-bond acceptors (Lipinski definition) is 3. The predicted molar refractivity (Wildman–Crippen MR) is 76.4 cm³/mol. The Labute approximate surface area is 113 Å². The molecular weight excluding hydrogens is 246 g/mol. The number of benzene rings is 1. The third-order valence-electron chi connectivity index (χ3n) is 2.41. The Bertz CT molecular complexity index is 363. The molecule has 0 saturated carbocycles. The lowest BCUT2D eigenvalue weighted by Crippen LogP contribution is -2.28. The van der Waals surface area contributed by atoms with Gasteiger partial charge >= 0.3 is 0 Å². The van der Waals surface area contributed by atoms with Gasteiger partial charge in [0.15, 0.2) is 0 Å². The first-order valence-electron chi connectivity index (χ1n) is 6.15. The fourth-order valence-corrected chi connectivity index (χ4v) is 2.19.